The zero-order valence-corrected chi connectivity index (χ0v) is 10.1. The number of piperidine rings is 1. The number of nitrogens with zero attached hydrogens (tertiary/aromatic N) is 2. The predicted octanol–water partition coefficient (Wildman–Crippen LogP) is 0.517. The van der Waals surface area contributed by atoms with E-state index in [1.54, 1.807) is 0 Å². The molecular weight excluding hydrogens is 218 g/mol. The second kappa shape index (κ2) is 4.99. The Kier molecular flexibility index (Phi) is 3.41. The lowest BCUT2D eigenvalue weighted by Crippen LogP contribution is -2.42. The third kappa shape index (κ3) is 2.64. The lowest BCUT2D eigenvalue weighted by molar-refractivity contribution is -0.122. The monoisotopic (exact) mass is 235 g/mol. The molecule has 1 atom stereocenters. The van der Waals surface area contributed by atoms with Crippen LogP contribution in [0.5, 0.6) is 0 Å². The van der Waals surface area contributed by atoms with Gasteiger partial charge in [-0.2, -0.15) is 0 Å². The quantitative estimate of drug-likeness (QED) is 0.711. The number of anilines is 2. The number of carbonyl (C=O) groups excluding carboxylic acids is 1. The molecule has 1 unspecified atom stereocenters. The van der Waals surface area contributed by atoms with E-state index < -0.39 is 0 Å². The molecule has 0 saturated carbocycles. The molecule has 1 aromatic heterocycles. The minimum atomic E-state index is 0.123. The fourth-order valence-corrected chi connectivity index (χ4v) is 1.90. The Balaban J connectivity index is 2.06. The summed E-state index contributed by atoms with van der Waals surface area (Å²) < 4.78 is 0. The van der Waals surface area contributed by atoms with Crippen molar-refractivity contribution < 1.29 is 4.79 Å². The zero-order chi connectivity index (χ0) is 12.3. The number of nitrogens with one attached hydrogen (secondary N) is 3. The maximum Gasteiger partial charge on any atom is 0.220 e. The van der Waals surface area contributed by atoms with Crippen molar-refractivity contribution in [2.24, 2.45) is 0 Å². The predicted molar refractivity (Wildman–Crippen MR) is 66.0 cm³/mol. The molecule has 1 aliphatic rings. The second-order valence-corrected chi connectivity index (χ2v) is 4.13. The smallest absolute Gasteiger partial charge is 0.220 e. The van der Waals surface area contributed by atoms with Crippen molar-refractivity contribution in [1.29, 1.82) is 0 Å². The SMILES string of the molecule is CNc1ncnc(NC2CCC(=O)NC2)c1C. The molecule has 0 aromatic carbocycles. The average Bonchev–Trinajstić information content (AvgIpc) is 2.35. The number of rotatable bonds is 3. The van der Waals surface area contributed by atoms with Gasteiger partial charge in [-0.05, 0) is 13.3 Å². The molecule has 0 radical (unpaired) electrons. The normalized spacial score (nSPS) is 19.6. The van der Waals surface area contributed by atoms with Crippen molar-refractivity contribution in [3.05, 3.63) is 11.9 Å². The van der Waals surface area contributed by atoms with Crippen molar-refractivity contribution >= 4 is 17.5 Å². The van der Waals surface area contributed by atoms with Crippen LogP contribution in [0.4, 0.5) is 11.6 Å². The van der Waals surface area contributed by atoms with E-state index in [2.05, 4.69) is 25.9 Å². The number of carbonyl (C=O) groups is 1. The van der Waals surface area contributed by atoms with Gasteiger partial charge in [0.15, 0.2) is 0 Å². The third-order valence-electron chi connectivity index (χ3n) is 2.93. The van der Waals surface area contributed by atoms with E-state index >= 15 is 0 Å². The summed E-state index contributed by atoms with van der Waals surface area (Å²) in [6.07, 6.45) is 2.94. The third-order valence-corrected chi connectivity index (χ3v) is 2.93. The van der Waals surface area contributed by atoms with Crippen molar-refractivity contribution in [3.8, 4) is 0 Å². The lowest BCUT2D eigenvalue weighted by atomic mass is 10.1. The summed E-state index contributed by atoms with van der Waals surface area (Å²) >= 11 is 0. The van der Waals surface area contributed by atoms with Gasteiger partial charge in [-0.25, -0.2) is 9.97 Å². The highest BCUT2D eigenvalue weighted by Gasteiger charge is 2.19. The van der Waals surface area contributed by atoms with Crippen LogP contribution in [0.15, 0.2) is 6.33 Å². The number of hydrogen-bond acceptors (Lipinski definition) is 5. The van der Waals surface area contributed by atoms with Crippen LogP contribution in [0, 0.1) is 6.92 Å². The topological polar surface area (TPSA) is 78.9 Å². The van der Waals surface area contributed by atoms with E-state index in [1.165, 1.54) is 6.33 Å². The van der Waals surface area contributed by atoms with Crippen LogP contribution in [0.2, 0.25) is 0 Å². The van der Waals surface area contributed by atoms with E-state index in [4.69, 9.17) is 0 Å². The zero-order valence-electron chi connectivity index (χ0n) is 10.1. The first-order valence-electron chi connectivity index (χ1n) is 5.73. The summed E-state index contributed by atoms with van der Waals surface area (Å²) in [6.45, 7) is 2.62. The maximum absolute atomic E-state index is 11.1. The molecule has 6 nitrogen and oxygen atoms in total. The Morgan fingerprint density at radius 3 is 2.82 bits per heavy atom. The van der Waals surface area contributed by atoms with Crippen molar-refractivity contribution in [2.45, 2.75) is 25.8 Å². The Morgan fingerprint density at radius 2 is 2.18 bits per heavy atom. The standard InChI is InChI=1S/C11H17N5O/c1-7-10(12-2)14-6-15-11(7)16-8-3-4-9(17)13-5-8/h6,8H,3-5H2,1-2H3,(H,13,17)(H2,12,14,15,16). The molecule has 6 heteroatoms. The van der Waals surface area contributed by atoms with Crippen LogP contribution in [0.1, 0.15) is 18.4 Å². The van der Waals surface area contributed by atoms with Gasteiger partial charge in [-0.3, -0.25) is 4.79 Å². The van der Waals surface area contributed by atoms with E-state index in [1.807, 2.05) is 14.0 Å². The van der Waals surface area contributed by atoms with Gasteiger partial charge in [-0.1, -0.05) is 0 Å². The first kappa shape index (κ1) is 11.6. The maximum atomic E-state index is 11.1. The van der Waals surface area contributed by atoms with E-state index in [0.29, 0.717) is 13.0 Å². The van der Waals surface area contributed by atoms with Gasteiger partial charge in [0.2, 0.25) is 5.91 Å². The highest BCUT2D eigenvalue weighted by atomic mass is 16.1. The largest absolute Gasteiger partial charge is 0.373 e. The molecule has 1 amide bonds. The molecule has 1 saturated heterocycles. The molecule has 92 valence electrons. The van der Waals surface area contributed by atoms with Crippen molar-refractivity contribution in [1.82, 2.24) is 15.3 Å². The molecular formula is C11H17N5O. The summed E-state index contributed by atoms with van der Waals surface area (Å²) in [7, 11) is 1.83. The first-order chi connectivity index (χ1) is 8.20. The minimum Gasteiger partial charge on any atom is -0.373 e. The summed E-state index contributed by atoms with van der Waals surface area (Å²) in [5, 5.41) is 9.20. The Labute approximate surface area is 100 Å². The van der Waals surface area contributed by atoms with E-state index in [0.717, 1.165) is 23.6 Å². The number of aromatic nitrogens is 2. The van der Waals surface area contributed by atoms with Gasteiger partial charge in [0.25, 0.3) is 0 Å². The van der Waals surface area contributed by atoms with Crippen LogP contribution >= 0.6 is 0 Å². The molecule has 1 fully saturated rings. The van der Waals surface area contributed by atoms with Gasteiger partial charge < -0.3 is 16.0 Å². The Hall–Kier alpha value is -1.85. The molecule has 17 heavy (non-hydrogen) atoms. The summed E-state index contributed by atoms with van der Waals surface area (Å²) in [6, 6.07) is 0.242. The molecule has 2 heterocycles. The van der Waals surface area contributed by atoms with Gasteiger partial charge in [0.1, 0.15) is 18.0 Å². The molecule has 2 rings (SSSR count). The molecule has 0 aliphatic carbocycles. The van der Waals surface area contributed by atoms with Crippen LogP contribution in [0.25, 0.3) is 0 Å². The fourth-order valence-electron chi connectivity index (χ4n) is 1.90. The van der Waals surface area contributed by atoms with Crippen LogP contribution in [0.3, 0.4) is 0 Å². The lowest BCUT2D eigenvalue weighted by Gasteiger charge is -2.24. The van der Waals surface area contributed by atoms with Crippen LogP contribution < -0.4 is 16.0 Å². The second-order valence-electron chi connectivity index (χ2n) is 4.13. The summed E-state index contributed by atoms with van der Waals surface area (Å²) in [4.78, 5) is 19.4. The highest BCUT2D eigenvalue weighted by Crippen LogP contribution is 2.19. The van der Waals surface area contributed by atoms with Crippen molar-refractivity contribution in [2.75, 3.05) is 24.2 Å². The van der Waals surface area contributed by atoms with Gasteiger partial charge >= 0.3 is 0 Å². The molecule has 0 bridgehead atoms. The molecule has 1 aromatic rings. The summed E-state index contributed by atoms with van der Waals surface area (Å²) in [5.74, 6) is 1.77. The molecule has 0 spiro atoms. The molecule has 1 aliphatic heterocycles. The highest BCUT2D eigenvalue weighted by molar-refractivity contribution is 5.77. The van der Waals surface area contributed by atoms with Crippen LogP contribution in [-0.2, 0) is 4.79 Å². The Morgan fingerprint density at radius 1 is 1.41 bits per heavy atom. The summed E-state index contributed by atoms with van der Waals surface area (Å²) in [5.41, 5.74) is 0.993. The van der Waals surface area contributed by atoms with E-state index in [9.17, 15) is 4.79 Å². The van der Waals surface area contributed by atoms with Gasteiger partial charge in [0.05, 0.1) is 0 Å². The average molecular weight is 235 g/mol. The number of hydrogen-bond donors (Lipinski definition) is 3. The van der Waals surface area contributed by atoms with Crippen LogP contribution in [-0.4, -0.2) is 35.5 Å². The van der Waals surface area contributed by atoms with Gasteiger partial charge in [-0.15, -0.1) is 0 Å². The van der Waals surface area contributed by atoms with Gasteiger partial charge in [0, 0.05) is 31.6 Å². The Bertz CT molecular complexity index is 410. The molecule has 3 N–H and O–H groups in total. The first-order valence-corrected chi connectivity index (χ1v) is 5.73. The number of amides is 1. The fraction of sp³-hybridized carbons (Fsp3) is 0.545. The van der Waals surface area contributed by atoms with E-state index in [-0.39, 0.29) is 11.9 Å². The minimum absolute atomic E-state index is 0.123. The van der Waals surface area contributed by atoms with Crippen molar-refractivity contribution in [3.63, 3.8) is 0 Å².